The fraction of sp³-hybridized carbons (Fsp3) is 0.211. The molecule has 0 aliphatic carbocycles. The lowest BCUT2D eigenvalue weighted by atomic mass is 10.2. The number of aromatic nitrogens is 3. The molecule has 1 heterocycles. The van der Waals surface area contributed by atoms with Gasteiger partial charge in [-0.2, -0.15) is 5.10 Å². The standard InChI is InChI=1S/C19H22N6O3.HI/c1-26-14-7-4-12(5-8-14)18-23-17(24-25-18)11-21-19(20)22-13-6-9-15(27-2)16(10-13)28-3;/h4-10H,11H2,1-3H3,(H3,20,21,22)(H,23,24,25);1H. The van der Waals surface area contributed by atoms with Crippen LogP contribution in [0, 0.1) is 0 Å². The van der Waals surface area contributed by atoms with Gasteiger partial charge in [0, 0.05) is 17.3 Å². The van der Waals surface area contributed by atoms with E-state index in [1.165, 1.54) is 0 Å². The number of methoxy groups -OCH3 is 3. The van der Waals surface area contributed by atoms with Crippen LogP contribution in [0.5, 0.6) is 17.2 Å². The molecule has 0 saturated carbocycles. The molecule has 10 heteroatoms. The average molecular weight is 510 g/mol. The number of nitrogens with one attached hydrogen (secondary N) is 2. The average Bonchev–Trinajstić information content (AvgIpc) is 3.21. The minimum Gasteiger partial charge on any atom is -0.497 e. The van der Waals surface area contributed by atoms with E-state index in [2.05, 4.69) is 25.5 Å². The lowest BCUT2D eigenvalue weighted by Gasteiger charge is -2.10. The van der Waals surface area contributed by atoms with Crippen LogP contribution >= 0.6 is 24.0 Å². The number of nitrogens with zero attached hydrogens (tertiary/aromatic N) is 3. The number of benzene rings is 2. The Balaban J connectivity index is 0.00000300. The molecule has 9 nitrogen and oxygen atoms in total. The summed E-state index contributed by atoms with van der Waals surface area (Å²) in [5.41, 5.74) is 7.57. The van der Waals surface area contributed by atoms with E-state index in [1.807, 2.05) is 30.3 Å². The summed E-state index contributed by atoms with van der Waals surface area (Å²) in [6, 6.07) is 12.9. The normalized spacial score (nSPS) is 10.8. The summed E-state index contributed by atoms with van der Waals surface area (Å²) in [6.45, 7) is 0.259. The third-order valence-corrected chi connectivity index (χ3v) is 3.94. The molecule has 0 unspecified atom stereocenters. The fourth-order valence-electron chi connectivity index (χ4n) is 2.50. The third kappa shape index (κ3) is 5.73. The molecule has 0 amide bonds. The van der Waals surface area contributed by atoms with Gasteiger partial charge in [-0.1, -0.05) is 0 Å². The largest absolute Gasteiger partial charge is 0.497 e. The second kappa shape index (κ2) is 10.5. The van der Waals surface area contributed by atoms with E-state index in [9.17, 15) is 0 Å². The molecular formula is C19H23IN6O3. The van der Waals surface area contributed by atoms with Crippen molar-refractivity contribution in [1.29, 1.82) is 0 Å². The van der Waals surface area contributed by atoms with Crippen LogP contribution in [0.4, 0.5) is 5.69 Å². The molecule has 3 aromatic rings. The Kier molecular flexibility index (Phi) is 8.07. The molecule has 0 bridgehead atoms. The van der Waals surface area contributed by atoms with Gasteiger partial charge in [0.05, 0.1) is 21.3 Å². The summed E-state index contributed by atoms with van der Waals surface area (Å²) < 4.78 is 15.6. The van der Waals surface area contributed by atoms with Crippen LogP contribution in [0.25, 0.3) is 11.4 Å². The van der Waals surface area contributed by atoms with E-state index in [0.717, 1.165) is 17.0 Å². The van der Waals surface area contributed by atoms with Gasteiger partial charge in [0.1, 0.15) is 18.1 Å². The van der Waals surface area contributed by atoms with E-state index >= 15 is 0 Å². The molecule has 0 saturated heterocycles. The number of hydrogen-bond donors (Lipinski definition) is 3. The summed E-state index contributed by atoms with van der Waals surface area (Å²) >= 11 is 0. The van der Waals surface area contributed by atoms with Gasteiger partial charge in [0.2, 0.25) is 0 Å². The first kappa shape index (κ1) is 22.3. The Hall–Kier alpha value is -3.02. The van der Waals surface area contributed by atoms with Crippen molar-refractivity contribution in [2.24, 2.45) is 10.7 Å². The van der Waals surface area contributed by atoms with Gasteiger partial charge in [-0.25, -0.2) is 9.98 Å². The van der Waals surface area contributed by atoms with E-state index in [0.29, 0.717) is 23.1 Å². The van der Waals surface area contributed by atoms with E-state index < -0.39 is 0 Å². The Morgan fingerprint density at radius 3 is 2.41 bits per heavy atom. The van der Waals surface area contributed by atoms with Crippen molar-refractivity contribution >= 4 is 35.6 Å². The molecule has 29 heavy (non-hydrogen) atoms. The Bertz CT molecular complexity index is 959. The first-order chi connectivity index (χ1) is 13.6. The highest BCUT2D eigenvalue weighted by Gasteiger charge is 2.07. The maximum absolute atomic E-state index is 5.96. The minimum absolute atomic E-state index is 0. The van der Waals surface area contributed by atoms with Gasteiger partial charge >= 0.3 is 0 Å². The van der Waals surface area contributed by atoms with Crippen molar-refractivity contribution in [2.75, 3.05) is 26.6 Å². The molecular weight excluding hydrogens is 487 g/mol. The number of H-pyrrole nitrogens is 1. The number of hydrogen-bond acceptors (Lipinski definition) is 6. The second-order valence-electron chi connectivity index (χ2n) is 5.73. The highest BCUT2D eigenvalue weighted by Crippen LogP contribution is 2.29. The monoisotopic (exact) mass is 510 g/mol. The molecule has 2 aromatic carbocycles. The number of aliphatic imine (C=N–C) groups is 1. The number of rotatable bonds is 7. The van der Waals surface area contributed by atoms with Crippen LogP contribution in [0.1, 0.15) is 5.82 Å². The maximum atomic E-state index is 5.96. The number of guanidine groups is 1. The predicted octanol–water partition coefficient (Wildman–Crippen LogP) is 3.04. The molecule has 4 N–H and O–H groups in total. The van der Waals surface area contributed by atoms with Crippen LogP contribution in [0.2, 0.25) is 0 Å². The van der Waals surface area contributed by atoms with Crippen LogP contribution < -0.4 is 25.3 Å². The molecule has 0 spiro atoms. The van der Waals surface area contributed by atoms with Gasteiger partial charge in [-0.05, 0) is 36.4 Å². The summed E-state index contributed by atoms with van der Waals surface area (Å²) in [6.07, 6.45) is 0. The quantitative estimate of drug-likeness (QED) is 0.254. The van der Waals surface area contributed by atoms with Gasteiger partial charge < -0.3 is 25.3 Å². The van der Waals surface area contributed by atoms with Gasteiger partial charge in [-0.3, -0.25) is 5.10 Å². The molecule has 3 rings (SSSR count). The smallest absolute Gasteiger partial charge is 0.193 e. The van der Waals surface area contributed by atoms with Crippen molar-refractivity contribution in [3.8, 4) is 28.6 Å². The molecule has 0 fully saturated rings. The Morgan fingerprint density at radius 2 is 1.76 bits per heavy atom. The zero-order valence-corrected chi connectivity index (χ0v) is 18.6. The SMILES string of the molecule is COc1ccc(-c2n[nH]c(CN=C(N)Nc3ccc(OC)c(OC)c3)n2)cc1.I. The lowest BCUT2D eigenvalue weighted by Crippen LogP contribution is -2.22. The second-order valence-corrected chi connectivity index (χ2v) is 5.73. The van der Waals surface area contributed by atoms with Crippen molar-refractivity contribution < 1.29 is 14.2 Å². The van der Waals surface area contributed by atoms with Crippen LogP contribution in [-0.2, 0) is 6.54 Å². The summed E-state index contributed by atoms with van der Waals surface area (Å²) in [7, 11) is 4.78. The molecule has 0 atom stereocenters. The number of halogens is 1. The van der Waals surface area contributed by atoms with Crippen molar-refractivity contribution in [1.82, 2.24) is 15.2 Å². The van der Waals surface area contributed by atoms with Crippen LogP contribution in [0.3, 0.4) is 0 Å². The van der Waals surface area contributed by atoms with Gasteiger partial charge in [-0.15, -0.1) is 24.0 Å². The third-order valence-electron chi connectivity index (χ3n) is 3.94. The molecule has 0 aliphatic rings. The minimum atomic E-state index is 0. The zero-order valence-electron chi connectivity index (χ0n) is 16.3. The number of ether oxygens (including phenoxy) is 3. The first-order valence-corrected chi connectivity index (χ1v) is 8.47. The Labute approximate surface area is 185 Å². The topological polar surface area (TPSA) is 120 Å². The van der Waals surface area contributed by atoms with Crippen molar-refractivity contribution in [3.63, 3.8) is 0 Å². The summed E-state index contributed by atoms with van der Waals surface area (Å²) in [5, 5.41) is 10.1. The van der Waals surface area contributed by atoms with Crippen LogP contribution in [0.15, 0.2) is 47.5 Å². The lowest BCUT2D eigenvalue weighted by molar-refractivity contribution is 0.355. The Morgan fingerprint density at radius 1 is 1.03 bits per heavy atom. The molecule has 154 valence electrons. The maximum Gasteiger partial charge on any atom is 0.193 e. The molecule has 0 radical (unpaired) electrons. The predicted molar refractivity (Wildman–Crippen MR) is 122 cm³/mol. The summed E-state index contributed by atoms with van der Waals surface area (Å²) in [5.74, 6) is 3.44. The summed E-state index contributed by atoms with van der Waals surface area (Å²) in [4.78, 5) is 8.71. The van der Waals surface area contributed by atoms with Crippen LogP contribution in [-0.4, -0.2) is 42.5 Å². The van der Waals surface area contributed by atoms with E-state index in [-0.39, 0.29) is 36.5 Å². The van der Waals surface area contributed by atoms with Gasteiger partial charge in [0.15, 0.2) is 23.3 Å². The number of anilines is 1. The molecule has 0 aliphatic heterocycles. The highest BCUT2D eigenvalue weighted by atomic mass is 127. The van der Waals surface area contributed by atoms with E-state index in [4.69, 9.17) is 19.9 Å². The first-order valence-electron chi connectivity index (χ1n) is 8.47. The van der Waals surface area contributed by atoms with Crippen molar-refractivity contribution in [3.05, 3.63) is 48.3 Å². The fourth-order valence-corrected chi connectivity index (χ4v) is 2.50. The van der Waals surface area contributed by atoms with Gasteiger partial charge in [0.25, 0.3) is 0 Å². The number of aromatic amines is 1. The number of nitrogens with two attached hydrogens (primary N) is 1. The van der Waals surface area contributed by atoms with E-state index in [1.54, 1.807) is 33.5 Å². The highest BCUT2D eigenvalue weighted by molar-refractivity contribution is 14.0. The van der Waals surface area contributed by atoms with Crippen molar-refractivity contribution in [2.45, 2.75) is 6.54 Å². The molecule has 1 aromatic heterocycles. The zero-order chi connectivity index (χ0) is 19.9.